The van der Waals surface area contributed by atoms with Gasteiger partial charge >= 0.3 is 11.9 Å². The monoisotopic (exact) mass is 240 g/mol. The van der Waals surface area contributed by atoms with Gasteiger partial charge in [0.05, 0.1) is 6.42 Å². The second kappa shape index (κ2) is 4.82. The normalized spacial score (nSPS) is 10.2. The van der Waals surface area contributed by atoms with Crippen molar-refractivity contribution >= 4 is 17.7 Å². The maximum Gasteiger partial charge on any atom is 0.340 e. The minimum absolute atomic E-state index is 0.0751. The molecule has 1 rings (SSSR count). The third-order valence-electron chi connectivity index (χ3n) is 2.21. The molecule has 0 spiro atoms. The van der Waals surface area contributed by atoms with Gasteiger partial charge < -0.3 is 14.6 Å². The molecule has 17 heavy (non-hydrogen) atoms. The number of furan rings is 1. The largest absolute Gasteiger partial charge is 0.478 e. The van der Waals surface area contributed by atoms with Gasteiger partial charge in [-0.05, 0) is 6.92 Å². The summed E-state index contributed by atoms with van der Waals surface area (Å²) in [6.07, 6.45) is 0.0295. The highest BCUT2D eigenvalue weighted by Crippen LogP contribution is 2.24. The van der Waals surface area contributed by atoms with Crippen molar-refractivity contribution in [1.29, 1.82) is 0 Å². The highest BCUT2D eigenvalue weighted by atomic mass is 16.4. The van der Waals surface area contributed by atoms with E-state index >= 15 is 0 Å². The Morgan fingerprint density at radius 2 is 1.53 bits per heavy atom. The SMILES string of the molecule is CCc1oc(CC(C)=O)c(C(=O)O)c1C(=O)O. The number of aryl methyl sites for hydroxylation is 1. The number of hydrogen-bond acceptors (Lipinski definition) is 4. The van der Waals surface area contributed by atoms with Crippen molar-refractivity contribution in [3.63, 3.8) is 0 Å². The van der Waals surface area contributed by atoms with Crippen LogP contribution in [0.2, 0.25) is 0 Å². The first-order chi connectivity index (χ1) is 7.88. The smallest absolute Gasteiger partial charge is 0.340 e. The molecule has 0 unspecified atom stereocenters. The molecule has 92 valence electrons. The van der Waals surface area contributed by atoms with Gasteiger partial charge in [-0.2, -0.15) is 0 Å². The standard InChI is InChI=1S/C11H12O6/c1-3-6-8(10(13)14)9(11(15)16)7(17-6)4-5(2)12/h3-4H2,1-2H3,(H,13,14)(H,15,16). The molecule has 0 radical (unpaired) electrons. The van der Waals surface area contributed by atoms with Gasteiger partial charge in [0.15, 0.2) is 0 Å². The van der Waals surface area contributed by atoms with Crippen molar-refractivity contribution < 1.29 is 29.0 Å². The van der Waals surface area contributed by atoms with E-state index in [1.54, 1.807) is 6.92 Å². The zero-order valence-corrected chi connectivity index (χ0v) is 9.44. The van der Waals surface area contributed by atoms with Crippen LogP contribution in [-0.4, -0.2) is 27.9 Å². The number of Topliss-reactive ketones (excluding diaryl/α,β-unsaturated/α-hetero) is 1. The van der Waals surface area contributed by atoms with E-state index in [1.165, 1.54) is 6.92 Å². The second-order valence-corrected chi connectivity index (χ2v) is 3.54. The Bertz CT molecular complexity index is 482. The lowest BCUT2D eigenvalue weighted by molar-refractivity contribution is -0.116. The average molecular weight is 240 g/mol. The summed E-state index contributed by atoms with van der Waals surface area (Å²) in [6.45, 7) is 2.93. The molecule has 1 aromatic heterocycles. The topological polar surface area (TPSA) is 105 Å². The number of carbonyl (C=O) groups is 3. The Kier molecular flexibility index (Phi) is 3.67. The fourth-order valence-electron chi connectivity index (χ4n) is 1.58. The van der Waals surface area contributed by atoms with Crippen LogP contribution in [0.4, 0.5) is 0 Å². The molecule has 0 saturated carbocycles. The van der Waals surface area contributed by atoms with Gasteiger partial charge in [-0.1, -0.05) is 6.92 Å². The van der Waals surface area contributed by atoms with Crippen LogP contribution in [0.15, 0.2) is 4.42 Å². The Hall–Kier alpha value is -2.11. The summed E-state index contributed by atoms with van der Waals surface area (Å²) in [5, 5.41) is 17.9. The molecule has 0 amide bonds. The zero-order chi connectivity index (χ0) is 13.2. The molecule has 0 fully saturated rings. The third kappa shape index (κ3) is 2.52. The minimum Gasteiger partial charge on any atom is -0.478 e. The van der Waals surface area contributed by atoms with E-state index in [4.69, 9.17) is 14.6 Å². The summed E-state index contributed by atoms with van der Waals surface area (Å²) >= 11 is 0. The molecular formula is C11H12O6. The molecule has 2 N–H and O–H groups in total. The molecule has 6 nitrogen and oxygen atoms in total. The number of aromatic carboxylic acids is 2. The summed E-state index contributed by atoms with van der Waals surface area (Å²) in [7, 11) is 0. The minimum atomic E-state index is -1.40. The Balaban J connectivity index is 3.45. The lowest BCUT2D eigenvalue weighted by atomic mass is 10.1. The summed E-state index contributed by atoms with van der Waals surface area (Å²) in [5.74, 6) is -3.08. The van der Waals surface area contributed by atoms with Gasteiger partial charge in [-0.15, -0.1) is 0 Å². The van der Waals surface area contributed by atoms with Crippen LogP contribution >= 0.6 is 0 Å². The summed E-state index contributed by atoms with van der Waals surface area (Å²) in [5.41, 5.74) is -0.791. The first-order valence-electron chi connectivity index (χ1n) is 4.99. The Morgan fingerprint density at radius 1 is 1.06 bits per heavy atom. The van der Waals surface area contributed by atoms with Crippen molar-refractivity contribution in [3.05, 3.63) is 22.6 Å². The van der Waals surface area contributed by atoms with Crippen molar-refractivity contribution in [2.45, 2.75) is 26.7 Å². The summed E-state index contributed by atoms with van der Waals surface area (Å²) in [6, 6.07) is 0. The fraction of sp³-hybridized carbons (Fsp3) is 0.364. The van der Waals surface area contributed by atoms with Gasteiger partial charge in [0.25, 0.3) is 0 Å². The number of rotatable bonds is 5. The van der Waals surface area contributed by atoms with Crippen LogP contribution < -0.4 is 0 Å². The molecule has 6 heteroatoms. The van der Waals surface area contributed by atoms with Crippen molar-refractivity contribution in [3.8, 4) is 0 Å². The van der Waals surface area contributed by atoms with E-state index in [-0.39, 0.29) is 35.7 Å². The molecule has 1 heterocycles. The van der Waals surface area contributed by atoms with E-state index in [0.29, 0.717) is 0 Å². The average Bonchev–Trinajstić information content (AvgIpc) is 2.55. The van der Waals surface area contributed by atoms with Crippen molar-refractivity contribution in [2.24, 2.45) is 0 Å². The van der Waals surface area contributed by atoms with Gasteiger partial charge in [0.1, 0.15) is 28.4 Å². The molecule has 1 aromatic rings. The lowest BCUT2D eigenvalue weighted by Crippen LogP contribution is -2.10. The number of hydrogen-bond donors (Lipinski definition) is 2. The van der Waals surface area contributed by atoms with E-state index in [0.717, 1.165) is 0 Å². The van der Waals surface area contributed by atoms with E-state index in [2.05, 4.69) is 0 Å². The highest BCUT2D eigenvalue weighted by molar-refractivity contribution is 6.04. The first kappa shape index (κ1) is 13.0. The number of carboxylic acid groups (broad SMARTS) is 2. The molecule has 0 bridgehead atoms. The van der Waals surface area contributed by atoms with Crippen LogP contribution in [0.3, 0.4) is 0 Å². The molecule has 0 aliphatic rings. The molecule has 0 saturated heterocycles. The van der Waals surface area contributed by atoms with Crippen LogP contribution in [0.5, 0.6) is 0 Å². The Labute approximate surface area is 96.9 Å². The maximum absolute atomic E-state index is 11.0. The van der Waals surface area contributed by atoms with Crippen molar-refractivity contribution in [2.75, 3.05) is 0 Å². The number of carbonyl (C=O) groups excluding carboxylic acids is 1. The highest BCUT2D eigenvalue weighted by Gasteiger charge is 2.29. The number of carboxylic acids is 2. The summed E-state index contributed by atoms with van der Waals surface area (Å²) in [4.78, 5) is 33.0. The van der Waals surface area contributed by atoms with E-state index in [1.807, 2.05) is 0 Å². The fourth-order valence-corrected chi connectivity index (χ4v) is 1.58. The summed E-state index contributed by atoms with van der Waals surface area (Å²) < 4.78 is 5.15. The van der Waals surface area contributed by atoms with Crippen LogP contribution in [0, 0.1) is 0 Å². The van der Waals surface area contributed by atoms with E-state index < -0.39 is 17.5 Å². The molecule has 0 atom stereocenters. The molecular weight excluding hydrogens is 228 g/mol. The second-order valence-electron chi connectivity index (χ2n) is 3.54. The molecule has 0 aromatic carbocycles. The molecule has 0 aliphatic carbocycles. The van der Waals surface area contributed by atoms with Crippen LogP contribution in [0.1, 0.15) is 46.1 Å². The predicted molar refractivity (Wildman–Crippen MR) is 56.4 cm³/mol. The zero-order valence-electron chi connectivity index (χ0n) is 9.44. The quantitative estimate of drug-likeness (QED) is 0.805. The van der Waals surface area contributed by atoms with Gasteiger partial charge in [-0.25, -0.2) is 9.59 Å². The van der Waals surface area contributed by atoms with Gasteiger partial charge in [0, 0.05) is 6.42 Å². The van der Waals surface area contributed by atoms with E-state index in [9.17, 15) is 14.4 Å². The number of ketones is 1. The van der Waals surface area contributed by atoms with Crippen LogP contribution in [0.25, 0.3) is 0 Å². The van der Waals surface area contributed by atoms with Gasteiger partial charge in [0.2, 0.25) is 0 Å². The Morgan fingerprint density at radius 3 is 1.88 bits per heavy atom. The third-order valence-corrected chi connectivity index (χ3v) is 2.21. The predicted octanol–water partition coefficient (Wildman–Crippen LogP) is 1.37. The lowest BCUT2D eigenvalue weighted by Gasteiger charge is -1.96. The van der Waals surface area contributed by atoms with Crippen LogP contribution in [-0.2, 0) is 17.6 Å². The maximum atomic E-state index is 11.0. The van der Waals surface area contributed by atoms with Crippen molar-refractivity contribution in [1.82, 2.24) is 0 Å². The first-order valence-corrected chi connectivity index (χ1v) is 4.99. The van der Waals surface area contributed by atoms with Gasteiger partial charge in [-0.3, -0.25) is 4.79 Å². The molecule has 0 aliphatic heterocycles.